The number of carbonyl (C=O) groups is 1. The summed E-state index contributed by atoms with van der Waals surface area (Å²) in [7, 11) is 3.65. The molecule has 0 fully saturated rings. The number of hydrogen-bond acceptors (Lipinski definition) is 4. The second-order valence-electron chi connectivity index (χ2n) is 5.62. The minimum Gasteiger partial charge on any atom is -0.355 e. The van der Waals surface area contributed by atoms with Crippen molar-refractivity contribution in [2.45, 2.75) is 20.4 Å². The first-order valence-corrected chi connectivity index (χ1v) is 8.14. The largest absolute Gasteiger partial charge is 0.355 e. The minimum atomic E-state index is -0.139. The van der Waals surface area contributed by atoms with E-state index in [1.54, 1.807) is 31.6 Å². The van der Waals surface area contributed by atoms with Crippen molar-refractivity contribution in [2.24, 2.45) is 12.0 Å². The van der Waals surface area contributed by atoms with Crippen molar-refractivity contribution in [3.8, 4) is 0 Å². The van der Waals surface area contributed by atoms with Gasteiger partial charge in [-0.25, -0.2) is 0 Å². The normalized spacial score (nSPS) is 11.3. The third-order valence-corrected chi connectivity index (χ3v) is 3.94. The Hall–Kier alpha value is -2.90. The van der Waals surface area contributed by atoms with Crippen LogP contribution in [0, 0.1) is 13.8 Å². The third kappa shape index (κ3) is 5.03. The van der Waals surface area contributed by atoms with E-state index in [1.165, 1.54) is 0 Å². The summed E-state index contributed by atoms with van der Waals surface area (Å²) >= 11 is 0. The first kappa shape index (κ1) is 18.4. The summed E-state index contributed by atoms with van der Waals surface area (Å²) in [5.74, 6) is 0.540. The third-order valence-electron chi connectivity index (χ3n) is 3.94. The van der Waals surface area contributed by atoms with Crippen molar-refractivity contribution in [1.29, 1.82) is 0 Å². The second kappa shape index (κ2) is 8.81. The first-order valence-electron chi connectivity index (χ1n) is 8.14. The summed E-state index contributed by atoms with van der Waals surface area (Å²) in [5, 5.41) is 13.7. The van der Waals surface area contributed by atoms with E-state index in [0.717, 1.165) is 17.0 Å². The molecular formula is C17H25N7O. The molecule has 2 heterocycles. The Bertz CT molecular complexity index is 737. The molecule has 2 rings (SSSR count). The molecule has 0 bridgehead atoms. The van der Waals surface area contributed by atoms with Crippen LogP contribution in [0.2, 0.25) is 0 Å². The van der Waals surface area contributed by atoms with E-state index in [1.807, 2.05) is 25.6 Å². The molecule has 3 N–H and O–H groups in total. The molecule has 0 aromatic carbocycles. The topological polar surface area (TPSA) is 96.2 Å². The number of nitrogens with zero attached hydrogens (tertiary/aromatic N) is 4. The van der Waals surface area contributed by atoms with Crippen LogP contribution in [-0.4, -0.2) is 46.8 Å². The predicted molar refractivity (Wildman–Crippen MR) is 97.5 cm³/mol. The maximum absolute atomic E-state index is 11.9. The second-order valence-corrected chi connectivity index (χ2v) is 5.62. The van der Waals surface area contributed by atoms with Crippen molar-refractivity contribution in [1.82, 2.24) is 30.7 Å². The van der Waals surface area contributed by atoms with Gasteiger partial charge in [0.2, 0.25) is 0 Å². The molecule has 8 heteroatoms. The summed E-state index contributed by atoms with van der Waals surface area (Å²) in [6.07, 6.45) is 3.18. The van der Waals surface area contributed by atoms with Crippen LogP contribution in [-0.2, 0) is 13.6 Å². The predicted octanol–water partition coefficient (Wildman–Crippen LogP) is 0.527. The first-order chi connectivity index (χ1) is 12.0. The number of carbonyl (C=O) groups excluding carboxylic acids is 1. The van der Waals surface area contributed by atoms with Crippen LogP contribution in [0.25, 0.3) is 0 Å². The van der Waals surface area contributed by atoms with Crippen molar-refractivity contribution in [3.63, 3.8) is 0 Å². The smallest absolute Gasteiger partial charge is 0.252 e. The average Bonchev–Trinajstić information content (AvgIpc) is 2.87. The molecule has 0 saturated carbocycles. The zero-order valence-electron chi connectivity index (χ0n) is 15.1. The van der Waals surface area contributed by atoms with E-state index in [0.29, 0.717) is 31.2 Å². The Morgan fingerprint density at radius 2 is 2.00 bits per heavy atom. The quantitative estimate of drug-likeness (QED) is 0.404. The number of pyridine rings is 1. The molecule has 25 heavy (non-hydrogen) atoms. The van der Waals surface area contributed by atoms with Crippen LogP contribution in [0.15, 0.2) is 29.5 Å². The molecule has 0 unspecified atom stereocenters. The van der Waals surface area contributed by atoms with Gasteiger partial charge in [0, 0.05) is 57.4 Å². The monoisotopic (exact) mass is 343 g/mol. The maximum Gasteiger partial charge on any atom is 0.252 e. The van der Waals surface area contributed by atoms with Gasteiger partial charge in [-0.2, -0.15) is 5.10 Å². The number of hydrogen-bond donors (Lipinski definition) is 3. The maximum atomic E-state index is 11.9. The highest BCUT2D eigenvalue weighted by molar-refractivity contribution is 5.93. The molecule has 0 aliphatic heterocycles. The van der Waals surface area contributed by atoms with Gasteiger partial charge < -0.3 is 16.0 Å². The molecule has 2 aromatic heterocycles. The summed E-state index contributed by atoms with van der Waals surface area (Å²) in [6.45, 7) is 5.73. The van der Waals surface area contributed by atoms with E-state index in [4.69, 9.17) is 0 Å². The lowest BCUT2D eigenvalue weighted by atomic mass is 10.2. The van der Waals surface area contributed by atoms with Crippen LogP contribution >= 0.6 is 0 Å². The average molecular weight is 343 g/mol. The molecule has 134 valence electrons. The summed E-state index contributed by atoms with van der Waals surface area (Å²) in [5.41, 5.74) is 3.85. The van der Waals surface area contributed by atoms with Gasteiger partial charge in [0.15, 0.2) is 5.96 Å². The van der Waals surface area contributed by atoms with Gasteiger partial charge in [0.25, 0.3) is 5.91 Å². The molecular weight excluding hydrogens is 318 g/mol. The fourth-order valence-corrected chi connectivity index (χ4v) is 2.42. The standard InChI is InChI=1S/C17H25N7O/c1-12-15(13(2)24(4)23-12)11-22-17(18-3)21-9-8-20-16(25)14-6-5-7-19-10-14/h5-7,10H,8-9,11H2,1-4H3,(H,20,25)(H2,18,21,22). The highest BCUT2D eigenvalue weighted by atomic mass is 16.1. The fourth-order valence-electron chi connectivity index (χ4n) is 2.42. The van der Waals surface area contributed by atoms with Crippen LogP contribution in [0.1, 0.15) is 27.3 Å². The molecule has 0 atom stereocenters. The van der Waals surface area contributed by atoms with Gasteiger partial charge in [-0.3, -0.25) is 19.5 Å². The van der Waals surface area contributed by atoms with Gasteiger partial charge in [-0.05, 0) is 26.0 Å². The number of rotatable bonds is 6. The van der Waals surface area contributed by atoms with Gasteiger partial charge in [-0.1, -0.05) is 0 Å². The Kier molecular flexibility index (Phi) is 6.50. The fraction of sp³-hybridized carbons (Fsp3) is 0.412. The summed E-state index contributed by atoms with van der Waals surface area (Å²) in [4.78, 5) is 20.0. The molecule has 0 aliphatic carbocycles. The summed E-state index contributed by atoms with van der Waals surface area (Å²) < 4.78 is 1.87. The van der Waals surface area contributed by atoms with Crippen LogP contribution in [0.5, 0.6) is 0 Å². The summed E-state index contributed by atoms with van der Waals surface area (Å²) in [6, 6.07) is 3.47. The van der Waals surface area contributed by atoms with Gasteiger partial charge in [0.05, 0.1) is 11.3 Å². The van der Waals surface area contributed by atoms with E-state index in [9.17, 15) is 4.79 Å². The Morgan fingerprint density at radius 1 is 1.24 bits per heavy atom. The van der Waals surface area contributed by atoms with E-state index in [2.05, 4.69) is 31.0 Å². The van der Waals surface area contributed by atoms with E-state index >= 15 is 0 Å². The lowest BCUT2D eigenvalue weighted by molar-refractivity contribution is 0.0954. The minimum absolute atomic E-state index is 0.139. The Labute approximate surface area is 147 Å². The van der Waals surface area contributed by atoms with Crippen molar-refractivity contribution >= 4 is 11.9 Å². The molecule has 1 amide bonds. The Balaban J connectivity index is 1.74. The number of guanidine groups is 1. The molecule has 2 aromatic rings. The zero-order chi connectivity index (χ0) is 18.2. The molecule has 0 aliphatic rings. The molecule has 0 saturated heterocycles. The molecule has 0 radical (unpaired) electrons. The lowest BCUT2D eigenvalue weighted by Gasteiger charge is -2.12. The van der Waals surface area contributed by atoms with Gasteiger partial charge in [-0.15, -0.1) is 0 Å². The number of aryl methyl sites for hydroxylation is 2. The van der Waals surface area contributed by atoms with Crippen LogP contribution in [0.3, 0.4) is 0 Å². The van der Waals surface area contributed by atoms with Crippen molar-refractivity contribution < 1.29 is 4.79 Å². The van der Waals surface area contributed by atoms with E-state index < -0.39 is 0 Å². The molecule has 8 nitrogen and oxygen atoms in total. The lowest BCUT2D eigenvalue weighted by Crippen LogP contribution is -2.41. The number of aromatic nitrogens is 3. The van der Waals surface area contributed by atoms with Gasteiger partial charge in [0.1, 0.15) is 0 Å². The highest BCUT2D eigenvalue weighted by Gasteiger charge is 2.09. The van der Waals surface area contributed by atoms with Crippen LogP contribution < -0.4 is 16.0 Å². The van der Waals surface area contributed by atoms with E-state index in [-0.39, 0.29) is 5.91 Å². The highest BCUT2D eigenvalue weighted by Crippen LogP contribution is 2.10. The Morgan fingerprint density at radius 3 is 2.60 bits per heavy atom. The SMILES string of the molecule is CN=C(NCCNC(=O)c1cccnc1)NCc1c(C)nn(C)c1C. The zero-order valence-corrected chi connectivity index (χ0v) is 15.1. The van der Waals surface area contributed by atoms with Crippen molar-refractivity contribution in [2.75, 3.05) is 20.1 Å². The van der Waals surface area contributed by atoms with Crippen molar-refractivity contribution in [3.05, 3.63) is 47.0 Å². The number of nitrogens with one attached hydrogen (secondary N) is 3. The van der Waals surface area contributed by atoms with Crippen LogP contribution in [0.4, 0.5) is 0 Å². The molecule has 0 spiro atoms. The number of amides is 1. The number of aliphatic imine (C=N–C) groups is 1. The van der Waals surface area contributed by atoms with Gasteiger partial charge >= 0.3 is 0 Å².